The van der Waals surface area contributed by atoms with Crippen LogP contribution in [0.5, 0.6) is 0 Å². The highest BCUT2D eigenvalue weighted by Crippen LogP contribution is 2.17. The lowest BCUT2D eigenvalue weighted by Crippen LogP contribution is -2.42. The van der Waals surface area contributed by atoms with E-state index in [-0.39, 0.29) is 25.7 Å². The first-order valence-electron chi connectivity index (χ1n) is 13.3. The highest BCUT2D eigenvalue weighted by Gasteiger charge is 2.19. The molecule has 0 fully saturated rings. The number of aliphatic carboxylic acids is 1. The molecule has 0 radical (unpaired) electrons. The van der Waals surface area contributed by atoms with Crippen LogP contribution in [0.1, 0.15) is 28.8 Å². The molecule has 43 heavy (non-hydrogen) atoms. The van der Waals surface area contributed by atoms with Crippen LogP contribution in [0.25, 0.3) is 0 Å². The van der Waals surface area contributed by atoms with Crippen molar-refractivity contribution in [3.63, 3.8) is 0 Å². The summed E-state index contributed by atoms with van der Waals surface area (Å²) in [6.07, 6.45) is 0.322. The summed E-state index contributed by atoms with van der Waals surface area (Å²) in [6.45, 7) is 2.27. The van der Waals surface area contributed by atoms with Gasteiger partial charge in [0.05, 0.1) is 24.7 Å². The van der Waals surface area contributed by atoms with E-state index in [9.17, 15) is 24.3 Å². The lowest BCUT2D eigenvalue weighted by Gasteiger charge is -2.19. The van der Waals surface area contributed by atoms with Crippen LogP contribution in [0.2, 0.25) is 0 Å². The van der Waals surface area contributed by atoms with E-state index in [2.05, 4.69) is 31.2 Å². The minimum absolute atomic E-state index is 0.0193. The Bertz CT molecular complexity index is 1590. The van der Waals surface area contributed by atoms with E-state index in [1.54, 1.807) is 24.4 Å². The molecule has 1 atom stereocenters. The van der Waals surface area contributed by atoms with E-state index in [0.717, 1.165) is 11.1 Å². The van der Waals surface area contributed by atoms with E-state index < -0.39 is 30.2 Å². The third kappa shape index (κ3) is 9.97. The summed E-state index contributed by atoms with van der Waals surface area (Å²) in [7, 11) is 0. The number of hydrogen-bond donors (Lipinski definition) is 5. The number of rotatable bonds is 13. The number of carboxylic acid groups (broad SMARTS) is 1. The molecule has 4 aromatic rings. The third-order valence-electron chi connectivity index (χ3n) is 6.05. The molecule has 0 aliphatic heterocycles. The van der Waals surface area contributed by atoms with Crippen molar-refractivity contribution in [1.29, 1.82) is 0 Å². The monoisotopic (exact) mass is 605 g/mol. The maximum Gasteiger partial charge on any atom is 0.407 e. The number of nitrogens with zero attached hydrogens (tertiary/aromatic N) is 3. The molecule has 0 saturated heterocycles. The fourth-order valence-electron chi connectivity index (χ4n) is 3.99. The lowest BCUT2D eigenvalue weighted by atomic mass is 10.2. The van der Waals surface area contributed by atoms with Gasteiger partial charge in [0.15, 0.2) is 5.13 Å². The van der Waals surface area contributed by atoms with Crippen molar-refractivity contribution in [3.05, 3.63) is 105 Å². The Morgan fingerprint density at radius 3 is 2.40 bits per heavy atom. The van der Waals surface area contributed by atoms with Crippen molar-refractivity contribution in [2.75, 3.05) is 10.6 Å². The highest BCUT2D eigenvalue weighted by molar-refractivity contribution is 7.13. The summed E-state index contributed by atoms with van der Waals surface area (Å²) in [5.41, 5.74) is 2.38. The van der Waals surface area contributed by atoms with Crippen LogP contribution in [0.4, 0.5) is 20.5 Å². The summed E-state index contributed by atoms with van der Waals surface area (Å²) in [5.74, 6) is -0.815. The van der Waals surface area contributed by atoms with Gasteiger partial charge in [0.1, 0.15) is 12.4 Å². The maximum atomic E-state index is 12.8. The number of amides is 3. The first kappa shape index (κ1) is 30.7. The van der Waals surface area contributed by atoms with Gasteiger partial charge in [-0.1, -0.05) is 60.7 Å². The van der Waals surface area contributed by atoms with E-state index in [1.165, 1.54) is 22.1 Å². The second-order valence-electron chi connectivity index (χ2n) is 9.50. The number of alkyl carbamates (subject to hydrolysis) is 1. The topological polar surface area (TPSA) is 177 Å². The number of thiazole rings is 1. The normalized spacial score (nSPS) is 11.3. The molecule has 4 rings (SSSR count). The Morgan fingerprint density at radius 2 is 1.70 bits per heavy atom. The van der Waals surface area contributed by atoms with Gasteiger partial charge in [-0.15, -0.1) is 11.3 Å². The molecule has 5 N–H and O–H groups in total. The molecule has 0 aliphatic rings. The predicted molar refractivity (Wildman–Crippen MR) is 161 cm³/mol. The van der Waals surface area contributed by atoms with Gasteiger partial charge in [0, 0.05) is 30.2 Å². The third-order valence-corrected chi connectivity index (χ3v) is 6.86. The van der Waals surface area contributed by atoms with Gasteiger partial charge in [-0.2, -0.15) is 4.98 Å². The number of benzene rings is 2. The smallest absolute Gasteiger partial charge is 0.407 e. The Balaban J connectivity index is 1.30. The number of carbonyl (C=O) groups is 3. The molecule has 224 valence electrons. The molecular weight excluding hydrogens is 574 g/mol. The quantitative estimate of drug-likeness (QED) is 0.152. The summed E-state index contributed by atoms with van der Waals surface area (Å²) < 4.78 is 6.43. The molecule has 13 nitrogen and oxygen atoms in total. The minimum Gasteiger partial charge on any atom is -0.481 e. The van der Waals surface area contributed by atoms with Crippen molar-refractivity contribution in [2.24, 2.45) is 0 Å². The molecule has 14 heteroatoms. The Labute approximate surface area is 251 Å². The van der Waals surface area contributed by atoms with Gasteiger partial charge >= 0.3 is 23.8 Å². The largest absolute Gasteiger partial charge is 0.481 e. The van der Waals surface area contributed by atoms with E-state index in [1.807, 2.05) is 48.5 Å². The number of aromatic nitrogens is 3. The number of nitrogens with one attached hydrogen (secondary N) is 4. The van der Waals surface area contributed by atoms with Gasteiger partial charge in [0.2, 0.25) is 0 Å². The second-order valence-corrected chi connectivity index (χ2v) is 10.4. The average Bonchev–Trinajstić information content (AvgIpc) is 3.43. The van der Waals surface area contributed by atoms with Crippen LogP contribution in [0, 0.1) is 6.92 Å². The predicted octanol–water partition coefficient (Wildman–Crippen LogP) is 3.71. The number of carboxylic acids is 1. The lowest BCUT2D eigenvalue weighted by molar-refractivity contribution is -0.137. The van der Waals surface area contributed by atoms with Crippen molar-refractivity contribution in [2.45, 2.75) is 45.6 Å². The Kier molecular flexibility index (Phi) is 10.8. The van der Waals surface area contributed by atoms with Gasteiger partial charge < -0.3 is 25.8 Å². The summed E-state index contributed by atoms with van der Waals surface area (Å²) in [6, 6.07) is 17.3. The number of ether oxygens (including phenoxy) is 1. The van der Waals surface area contributed by atoms with Crippen molar-refractivity contribution in [1.82, 2.24) is 25.2 Å². The number of anilines is 2. The number of carbonyl (C=O) groups excluding carboxylic acids is 2. The van der Waals surface area contributed by atoms with Crippen LogP contribution >= 0.6 is 11.3 Å². The molecule has 0 spiro atoms. The molecule has 1 unspecified atom stereocenters. The standard InChI is InChI=1S/C29H31N7O6S/c1-19-15-36(16-22(12-24(37)38)33-29(41)42-17-21-10-6-3-7-11-21)28(40)34-25(19)30-14-23-18-43-27(32-23)35-26(39)31-13-20-8-4-2-5-9-20/h2-11,15,18,22H,12-14,16-17H2,1H3,(H,33,41)(H,37,38)(H,30,34,40)(H2,31,32,35,39). The average molecular weight is 606 g/mol. The molecule has 3 amide bonds. The fraction of sp³-hybridized carbons (Fsp3) is 0.241. The zero-order chi connectivity index (χ0) is 30.6. The Morgan fingerprint density at radius 1 is 1.00 bits per heavy atom. The summed E-state index contributed by atoms with van der Waals surface area (Å²) in [4.78, 5) is 57.1. The van der Waals surface area contributed by atoms with Crippen LogP contribution in [-0.2, 0) is 35.8 Å². The first-order valence-corrected chi connectivity index (χ1v) is 14.2. The SMILES string of the molecule is Cc1cn(CC(CC(=O)O)NC(=O)OCc2ccccc2)c(=O)nc1NCc1csc(NC(=O)NCc2ccccc2)n1. The molecule has 2 heterocycles. The van der Waals surface area contributed by atoms with Crippen LogP contribution < -0.4 is 27.0 Å². The second kappa shape index (κ2) is 15.1. The molecule has 2 aromatic heterocycles. The minimum atomic E-state index is -1.14. The van der Waals surface area contributed by atoms with Crippen LogP contribution in [0.15, 0.2) is 77.0 Å². The van der Waals surface area contributed by atoms with Gasteiger partial charge in [0.25, 0.3) is 0 Å². The molecule has 2 aromatic carbocycles. The van der Waals surface area contributed by atoms with E-state index in [4.69, 9.17) is 4.74 Å². The van der Waals surface area contributed by atoms with Crippen molar-refractivity contribution < 1.29 is 24.2 Å². The van der Waals surface area contributed by atoms with Crippen molar-refractivity contribution >= 4 is 40.4 Å². The van der Waals surface area contributed by atoms with E-state index >= 15 is 0 Å². The molecule has 0 bridgehead atoms. The van der Waals surface area contributed by atoms with E-state index in [0.29, 0.717) is 28.8 Å². The van der Waals surface area contributed by atoms with Crippen molar-refractivity contribution in [3.8, 4) is 0 Å². The number of hydrogen-bond acceptors (Lipinski definition) is 9. The highest BCUT2D eigenvalue weighted by atomic mass is 32.1. The fourth-order valence-corrected chi connectivity index (χ4v) is 4.69. The zero-order valence-electron chi connectivity index (χ0n) is 23.3. The van der Waals surface area contributed by atoms with Gasteiger partial charge in [-0.05, 0) is 18.1 Å². The first-order chi connectivity index (χ1) is 20.7. The molecule has 0 aliphatic carbocycles. The number of aryl methyl sites for hydroxylation is 1. The number of urea groups is 1. The summed E-state index contributed by atoms with van der Waals surface area (Å²) >= 11 is 1.26. The summed E-state index contributed by atoms with van der Waals surface area (Å²) in [5, 5.41) is 22.6. The zero-order valence-corrected chi connectivity index (χ0v) is 24.1. The van der Waals surface area contributed by atoms with Gasteiger partial charge in [-0.25, -0.2) is 19.4 Å². The maximum absolute atomic E-state index is 12.8. The Hall–Kier alpha value is -5.24. The van der Waals surface area contributed by atoms with Gasteiger partial charge in [-0.3, -0.25) is 14.7 Å². The molecular formula is C29H31N7O6S. The van der Waals surface area contributed by atoms with Crippen LogP contribution in [-0.4, -0.2) is 43.8 Å². The van der Waals surface area contributed by atoms with Crippen LogP contribution in [0.3, 0.4) is 0 Å². The molecule has 0 saturated carbocycles.